The Morgan fingerprint density at radius 1 is 1.41 bits per heavy atom. The summed E-state index contributed by atoms with van der Waals surface area (Å²) in [6, 6.07) is 10.6. The topological polar surface area (TPSA) is 52.9 Å². The van der Waals surface area contributed by atoms with Crippen LogP contribution >= 0.6 is 27.3 Å². The second-order valence-electron chi connectivity index (χ2n) is 3.29. The van der Waals surface area contributed by atoms with Gasteiger partial charge >= 0.3 is 0 Å². The van der Waals surface area contributed by atoms with Gasteiger partial charge in [-0.05, 0) is 40.2 Å². The molecular formula is C12H7BrN2OS. The zero-order valence-electron chi connectivity index (χ0n) is 8.61. The molecule has 0 saturated heterocycles. The number of rotatable bonds is 2. The number of amides is 1. The van der Waals surface area contributed by atoms with E-state index < -0.39 is 0 Å². The van der Waals surface area contributed by atoms with Crippen molar-refractivity contribution >= 4 is 38.9 Å². The number of nitrogens with one attached hydrogen (secondary N) is 1. The molecule has 0 spiro atoms. The van der Waals surface area contributed by atoms with Crippen molar-refractivity contribution in [3.05, 3.63) is 50.6 Å². The van der Waals surface area contributed by atoms with Crippen molar-refractivity contribution < 1.29 is 4.79 Å². The minimum atomic E-state index is -0.179. The minimum absolute atomic E-state index is 0.179. The zero-order chi connectivity index (χ0) is 12.3. The lowest BCUT2D eigenvalue weighted by Gasteiger charge is -2.03. The molecule has 84 valence electrons. The van der Waals surface area contributed by atoms with Crippen LogP contribution in [0.15, 0.2) is 39.5 Å². The molecule has 1 aromatic carbocycles. The first-order valence-electron chi connectivity index (χ1n) is 4.74. The normalized spacial score (nSPS) is 9.65. The van der Waals surface area contributed by atoms with E-state index in [1.807, 2.05) is 6.07 Å². The van der Waals surface area contributed by atoms with Crippen LogP contribution in [0.2, 0.25) is 0 Å². The number of carbonyl (C=O) groups excluding carboxylic acids is 1. The fourth-order valence-electron chi connectivity index (χ4n) is 1.30. The fraction of sp³-hybridized carbons (Fsp3) is 0. The molecule has 2 rings (SSSR count). The largest absolute Gasteiger partial charge is 0.322 e. The van der Waals surface area contributed by atoms with Crippen LogP contribution < -0.4 is 5.32 Å². The number of hydrogen-bond donors (Lipinski definition) is 1. The molecule has 0 bridgehead atoms. The Bertz CT molecular complexity index is 601. The van der Waals surface area contributed by atoms with E-state index in [9.17, 15) is 4.79 Å². The standard InChI is InChI=1S/C12H7BrN2OS/c13-11-5-9(7-17-11)12(16)15-10-3-1-2-8(4-10)6-14/h1-5,7H,(H,15,16). The second-order valence-corrected chi connectivity index (χ2v) is 5.58. The third-order valence-corrected chi connectivity index (χ3v) is 3.58. The lowest BCUT2D eigenvalue weighted by molar-refractivity contribution is 0.102. The molecule has 0 atom stereocenters. The molecule has 1 N–H and O–H groups in total. The summed E-state index contributed by atoms with van der Waals surface area (Å²) < 4.78 is 0.911. The van der Waals surface area contributed by atoms with Crippen LogP contribution in [0, 0.1) is 11.3 Å². The Balaban J connectivity index is 2.16. The van der Waals surface area contributed by atoms with E-state index in [4.69, 9.17) is 5.26 Å². The lowest BCUT2D eigenvalue weighted by Crippen LogP contribution is -2.10. The number of halogens is 1. The second kappa shape index (κ2) is 5.13. The van der Waals surface area contributed by atoms with Crippen LogP contribution in [0.25, 0.3) is 0 Å². The maximum absolute atomic E-state index is 11.8. The lowest BCUT2D eigenvalue weighted by atomic mass is 10.2. The number of hydrogen-bond acceptors (Lipinski definition) is 3. The van der Waals surface area contributed by atoms with Crippen LogP contribution in [0.3, 0.4) is 0 Å². The van der Waals surface area contributed by atoms with Crippen molar-refractivity contribution in [3.8, 4) is 6.07 Å². The van der Waals surface area contributed by atoms with Crippen LogP contribution in [-0.2, 0) is 0 Å². The molecule has 0 aliphatic heterocycles. The fourth-order valence-corrected chi connectivity index (χ4v) is 2.44. The maximum atomic E-state index is 11.8. The van der Waals surface area contributed by atoms with Crippen LogP contribution in [0.5, 0.6) is 0 Å². The Morgan fingerprint density at radius 3 is 2.88 bits per heavy atom. The average Bonchev–Trinajstić information content (AvgIpc) is 2.76. The van der Waals surface area contributed by atoms with Crippen molar-refractivity contribution in [1.82, 2.24) is 0 Å². The predicted octanol–water partition coefficient (Wildman–Crippen LogP) is 3.63. The van der Waals surface area contributed by atoms with E-state index >= 15 is 0 Å². The smallest absolute Gasteiger partial charge is 0.256 e. The molecule has 2 aromatic rings. The van der Waals surface area contributed by atoms with Gasteiger partial charge in [-0.25, -0.2) is 0 Å². The molecule has 3 nitrogen and oxygen atoms in total. The SMILES string of the molecule is N#Cc1cccc(NC(=O)c2csc(Br)c2)c1. The highest BCUT2D eigenvalue weighted by Gasteiger charge is 2.08. The quantitative estimate of drug-likeness (QED) is 0.921. The van der Waals surface area contributed by atoms with Crippen molar-refractivity contribution in [3.63, 3.8) is 0 Å². The summed E-state index contributed by atoms with van der Waals surface area (Å²) in [6.45, 7) is 0. The van der Waals surface area contributed by atoms with Crippen LogP contribution in [0.4, 0.5) is 5.69 Å². The summed E-state index contributed by atoms with van der Waals surface area (Å²) >= 11 is 4.76. The molecular weight excluding hydrogens is 300 g/mol. The number of benzene rings is 1. The van der Waals surface area contributed by atoms with E-state index in [1.54, 1.807) is 35.7 Å². The first-order valence-corrected chi connectivity index (χ1v) is 6.42. The third kappa shape index (κ3) is 2.93. The molecule has 0 aliphatic carbocycles. The molecule has 5 heteroatoms. The number of carbonyl (C=O) groups is 1. The van der Waals surface area contributed by atoms with Gasteiger partial charge in [0.1, 0.15) is 0 Å². The molecule has 1 heterocycles. The summed E-state index contributed by atoms with van der Waals surface area (Å²) in [6.07, 6.45) is 0. The van der Waals surface area contributed by atoms with Crippen molar-refractivity contribution in [1.29, 1.82) is 5.26 Å². The molecule has 0 saturated carbocycles. The van der Waals surface area contributed by atoms with Crippen molar-refractivity contribution in [2.45, 2.75) is 0 Å². The van der Waals surface area contributed by atoms with Gasteiger partial charge < -0.3 is 5.32 Å². The third-order valence-electron chi connectivity index (χ3n) is 2.08. The first-order chi connectivity index (χ1) is 8.19. The van der Waals surface area contributed by atoms with Gasteiger partial charge in [0.15, 0.2) is 0 Å². The Morgan fingerprint density at radius 2 is 2.24 bits per heavy atom. The summed E-state index contributed by atoms with van der Waals surface area (Å²) in [5, 5.41) is 13.3. The van der Waals surface area contributed by atoms with E-state index in [1.165, 1.54) is 11.3 Å². The first kappa shape index (κ1) is 11.8. The van der Waals surface area contributed by atoms with E-state index in [-0.39, 0.29) is 5.91 Å². The monoisotopic (exact) mass is 306 g/mol. The minimum Gasteiger partial charge on any atom is -0.322 e. The Hall–Kier alpha value is -1.64. The number of nitrogens with zero attached hydrogens (tertiary/aromatic N) is 1. The number of nitriles is 1. The van der Waals surface area contributed by atoms with Crippen LogP contribution in [0.1, 0.15) is 15.9 Å². The highest BCUT2D eigenvalue weighted by Crippen LogP contribution is 2.21. The van der Waals surface area contributed by atoms with Gasteiger partial charge in [-0.2, -0.15) is 5.26 Å². The maximum Gasteiger partial charge on any atom is 0.256 e. The van der Waals surface area contributed by atoms with E-state index in [0.717, 1.165) is 3.79 Å². The Kier molecular flexibility index (Phi) is 3.57. The summed E-state index contributed by atoms with van der Waals surface area (Å²) in [7, 11) is 0. The summed E-state index contributed by atoms with van der Waals surface area (Å²) in [5.41, 5.74) is 1.75. The predicted molar refractivity (Wildman–Crippen MR) is 71.1 cm³/mol. The zero-order valence-corrected chi connectivity index (χ0v) is 11.0. The average molecular weight is 307 g/mol. The van der Waals surface area contributed by atoms with Crippen LogP contribution in [-0.4, -0.2) is 5.91 Å². The molecule has 0 unspecified atom stereocenters. The molecule has 1 aromatic heterocycles. The molecule has 0 radical (unpaired) electrons. The summed E-state index contributed by atoms with van der Waals surface area (Å²) in [4.78, 5) is 11.8. The van der Waals surface area contributed by atoms with Crippen molar-refractivity contribution in [2.24, 2.45) is 0 Å². The van der Waals surface area contributed by atoms with Gasteiger partial charge in [0.05, 0.1) is 21.0 Å². The summed E-state index contributed by atoms with van der Waals surface area (Å²) in [5.74, 6) is -0.179. The molecule has 1 amide bonds. The number of thiophene rings is 1. The molecule has 17 heavy (non-hydrogen) atoms. The Labute approximate surface area is 111 Å². The van der Waals surface area contributed by atoms with Gasteiger partial charge in [-0.1, -0.05) is 6.07 Å². The van der Waals surface area contributed by atoms with Gasteiger partial charge in [0, 0.05) is 11.1 Å². The van der Waals surface area contributed by atoms with Gasteiger partial charge in [0.2, 0.25) is 0 Å². The highest BCUT2D eigenvalue weighted by atomic mass is 79.9. The van der Waals surface area contributed by atoms with Gasteiger partial charge in [-0.3, -0.25) is 4.79 Å². The highest BCUT2D eigenvalue weighted by molar-refractivity contribution is 9.11. The molecule has 0 aliphatic rings. The number of anilines is 1. The van der Waals surface area contributed by atoms with Gasteiger partial charge in [0.25, 0.3) is 5.91 Å². The van der Waals surface area contributed by atoms with E-state index in [0.29, 0.717) is 16.8 Å². The van der Waals surface area contributed by atoms with E-state index in [2.05, 4.69) is 21.2 Å². The van der Waals surface area contributed by atoms with Gasteiger partial charge in [-0.15, -0.1) is 11.3 Å². The molecule has 0 fully saturated rings. The van der Waals surface area contributed by atoms with Crippen molar-refractivity contribution in [2.75, 3.05) is 5.32 Å².